The summed E-state index contributed by atoms with van der Waals surface area (Å²) < 4.78 is 0. The molecule has 0 aliphatic carbocycles. The van der Waals surface area contributed by atoms with Gasteiger partial charge in [0.05, 0.1) is 0 Å². The van der Waals surface area contributed by atoms with Crippen molar-refractivity contribution in [2.24, 2.45) is 5.92 Å². The molecule has 0 heterocycles. The summed E-state index contributed by atoms with van der Waals surface area (Å²) in [5.41, 5.74) is 0. The summed E-state index contributed by atoms with van der Waals surface area (Å²) in [6.07, 6.45) is 2.52. The van der Waals surface area contributed by atoms with Gasteiger partial charge in [0.1, 0.15) is 0 Å². The summed E-state index contributed by atoms with van der Waals surface area (Å²) in [5, 5.41) is 3.30. The van der Waals surface area contributed by atoms with Gasteiger partial charge in [-0.2, -0.15) is 0 Å². The third-order valence-electron chi connectivity index (χ3n) is 2.14. The van der Waals surface area contributed by atoms with Crippen LogP contribution >= 0.6 is 0 Å². The first kappa shape index (κ1) is 13.5. The molecule has 11 heavy (non-hydrogen) atoms. The van der Waals surface area contributed by atoms with Crippen LogP contribution in [0.15, 0.2) is 0 Å². The molecule has 0 saturated carbocycles. The molecule has 2 atom stereocenters. The fourth-order valence-corrected chi connectivity index (χ4v) is 1.18. The maximum absolute atomic E-state index is 3.30. The number of nitrogens with one attached hydrogen (secondary N) is 1. The highest BCUT2D eigenvalue weighted by atomic mass is 14.9. The van der Waals surface area contributed by atoms with E-state index in [0.717, 1.165) is 12.0 Å². The minimum Gasteiger partial charge on any atom is -0.317 e. The van der Waals surface area contributed by atoms with Gasteiger partial charge in [-0.25, -0.2) is 0 Å². The maximum Gasteiger partial charge on any atom is 0.00869 e. The lowest BCUT2D eigenvalue weighted by Gasteiger charge is -2.19. The van der Waals surface area contributed by atoms with Crippen LogP contribution in [0.25, 0.3) is 0 Å². The van der Waals surface area contributed by atoms with Crippen LogP contribution in [-0.2, 0) is 0 Å². The molecule has 2 unspecified atom stereocenters. The number of hydrogen-bond donors (Lipinski definition) is 1. The predicted molar refractivity (Wildman–Crippen MR) is 53.9 cm³/mol. The summed E-state index contributed by atoms with van der Waals surface area (Å²) in [7, 11) is 2.04. The van der Waals surface area contributed by atoms with Crippen molar-refractivity contribution in [2.45, 2.75) is 53.5 Å². The van der Waals surface area contributed by atoms with Gasteiger partial charge in [0.2, 0.25) is 0 Å². The minimum absolute atomic E-state index is 0.718. The van der Waals surface area contributed by atoms with E-state index in [1.165, 1.54) is 12.8 Å². The molecule has 0 aromatic rings. The second kappa shape index (κ2) is 9.96. The molecule has 0 saturated heterocycles. The molecule has 1 N–H and O–H groups in total. The third-order valence-corrected chi connectivity index (χ3v) is 2.14. The van der Waals surface area contributed by atoms with Gasteiger partial charge in [0.25, 0.3) is 0 Å². The topological polar surface area (TPSA) is 12.0 Å². The Kier molecular flexibility index (Phi) is 12.3. The van der Waals surface area contributed by atoms with Crippen LogP contribution < -0.4 is 5.32 Å². The molecule has 1 nitrogen and oxygen atoms in total. The van der Waals surface area contributed by atoms with Gasteiger partial charge in [-0.1, -0.05) is 41.0 Å². The number of hydrogen-bond acceptors (Lipinski definition) is 1. The molecule has 1 heteroatoms. The number of rotatable bonds is 4. The minimum atomic E-state index is 0.718. The second-order valence-corrected chi connectivity index (χ2v) is 2.69. The van der Waals surface area contributed by atoms with Crippen molar-refractivity contribution in [2.75, 3.05) is 7.05 Å². The normalized spacial score (nSPS) is 14.7. The molecule has 70 valence electrons. The smallest absolute Gasteiger partial charge is 0.00869 e. The Labute approximate surface area is 72.6 Å². The Bertz CT molecular complexity index is 57.9. The van der Waals surface area contributed by atoms with Crippen molar-refractivity contribution < 1.29 is 0 Å². The lowest BCUT2D eigenvalue weighted by molar-refractivity contribution is 0.379. The standard InChI is InChI=1S/C8H19N.C2H6/c1-5-7(3)8(6-2)9-4;1-2/h7-9H,5-6H2,1-4H3;1-2H3. The second-order valence-electron chi connectivity index (χ2n) is 2.69. The quantitative estimate of drug-likeness (QED) is 0.665. The van der Waals surface area contributed by atoms with Crippen molar-refractivity contribution in [3.63, 3.8) is 0 Å². The van der Waals surface area contributed by atoms with E-state index in [9.17, 15) is 0 Å². The van der Waals surface area contributed by atoms with Crippen LogP contribution in [0.3, 0.4) is 0 Å². The summed E-state index contributed by atoms with van der Waals surface area (Å²) in [6, 6.07) is 0.718. The van der Waals surface area contributed by atoms with Gasteiger partial charge in [-0.3, -0.25) is 0 Å². The van der Waals surface area contributed by atoms with E-state index < -0.39 is 0 Å². The summed E-state index contributed by atoms with van der Waals surface area (Å²) in [6.45, 7) is 10.8. The first-order valence-electron chi connectivity index (χ1n) is 4.93. The van der Waals surface area contributed by atoms with Crippen LogP contribution in [0, 0.1) is 5.92 Å². The molecular weight excluding hydrogens is 134 g/mol. The fourth-order valence-electron chi connectivity index (χ4n) is 1.18. The van der Waals surface area contributed by atoms with Crippen molar-refractivity contribution in [3.05, 3.63) is 0 Å². The Hall–Kier alpha value is -0.0400. The predicted octanol–water partition coefficient (Wildman–Crippen LogP) is 3.06. The zero-order valence-electron chi connectivity index (χ0n) is 9.07. The fraction of sp³-hybridized carbons (Fsp3) is 1.00. The Morgan fingerprint density at radius 2 is 1.55 bits per heavy atom. The van der Waals surface area contributed by atoms with Crippen LogP contribution in [0.1, 0.15) is 47.5 Å². The van der Waals surface area contributed by atoms with E-state index in [4.69, 9.17) is 0 Å². The first-order chi connectivity index (χ1) is 5.26. The highest BCUT2D eigenvalue weighted by Gasteiger charge is 2.09. The molecule has 0 radical (unpaired) electrons. The highest BCUT2D eigenvalue weighted by Crippen LogP contribution is 2.09. The lowest BCUT2D eigenvalue weighted by Crippen LogP contribution is -2.30. The van der Waals surface area contributed by atoms with Crippen LogP contribution in [-0.4, -0.2) is 13.1 Å². The third kappa shape index (κ3) is 6.36. The molecule has 0 aliphatic rings. The van der Waals surface area contributed by atoms with Crippen molar-refractivity contribution in [1.82, 2.24) is 5.32 Å². The largest absolute Gasteiger partial charge is 0.317 e. The van der Waals surface area contributed by atoms with Gasteiger partial charge < -0.3 is 5.32 Å². The van der Waals surface area contributed by atoms with E-state index >= 15 is 0 Å². The van der Waals surface area contributed by atoms with Crippen LogP contribution in [0.5, 0.6) is 0 Å². The zero-order valence-corrected chi connectivity index (χ0v) is 9.07. The molecular formula is C10H25N. The van der Waals surface area contributed by atoms with E-state index in [1.807, 2.05) is 20.9 Å². The highest BCUT2D eigenvalue weighted by molar-refractivity contribution is 4.67. The van der Waals surface area contributed by atoms with Crippen molar-refractivity contribution >= 4 is 0 Å². The molecule has 0 aliphatic heterocycles. The van der Waals surface area contributed by atoms with E-state index in [1.54, 1.807) is 0 Å². The molecule has 0 aromatic heterocycles. The molecule has 0 aromatic carbocycles. The van der Waals surface area contributed by atoms with Gasteiger partial charge in [-0.15, -0.1) is 0 Å². The first-order valence-corrected chi connectivity index (χ1v) is 4.93. The van der Waals surface area contributed by atoms with Crippen LogP contribution in [0.2, 0.25) is 0 Å². The molecule has 0 bridgehead atoms. The zero-order chi connectivity index (χ0) is 9.28. The van der Waals surface area contributed by atoms with Gasteiger partial charge >= 0.3 is 0 Å². The van der Waals surface area contributed by atoms with Crippen molar-refractivity contribution in [1.29, 1.82) is 0 Å². The van der Waals surface area contributed by atoms with Crippen molar-refractivity contribution in [3.8, 4) is 0 Å². The Morgan fingerprint density at radius 1 is 1.09 bits per heavy atom. The molecule has 0 spiro atoms. The lowest BCUT2D eigenvalue weighted by atomic mass is 9.97. The molecule has 0 fully saturated rings. The van der Waals surface area contributed by atoms with E-state index in [0.29, 0.717) is 0 Å². The van der Waals surface area contributed by atoms with E-state index in [-0.39, 0.29) is 0 Å². The maximum atomic E-state index is 3.30. The monoisotopic (exact) mass is 159 g/mol. The Morgan fingerprint density at radius 3 is 1.64 bits per heavy atom. The Balaban J connectivity index is 0. The average molecular weight is 159 g/mol. The van der Waals surface area contributed by atoms with Gasteiger partial charge in [0, 0.05) is 6.04 Å². The average Bonchev–Trinajstić information content (AvgIpc) is 2.10. The van der Waals surface area contributed by atoms with Gasteiger partial charge in [0.15, 0.2) is 0 Å². The molecule has 0 amide bonds. The van der Waals surface area contributed by atoms with Gasteiger partial charge in [-0.05, 0) is 19.4 Å². The van der Waals surface area contributed by atoms with Crippen LogP contribution in [0.4, 0.5) is 0 Å². The summed E-state index contributed by atoms with van der Waals surface area (Å²) >= 11 is 0. The molecule has 0 rings (SSSR count). The SMILES string of the molecule is CC.CCC(C)C(CC)NC. The van der Waals surface area contributed by atoms with E-state index in [2.05, 4.69) is 26.1 Å². The summed E-state index contributed by atoms with van der Waals surface area (Å²) in [5.74, 6) is 0.819. The summed E-state index contributed by atoms with van der Waals surface area (Å²) in [4.78, 5) is 0.